The van der Waals surface area contributed by atoms with E-state index in [9.17, 15) is 14.4 Å². The molecule has 0 saturated carbocycles. The van der Waals surface area contributed by atoms with Crippen molar-refractivity contribution in [3.8, 4) is 0 Å². The number of carbonyl (C=O) groups is 1. The zero-order valence-electron chi connectivity index (χ0n) is 15.5. The minimum atomic E-state index is -0.468. The predicted molar refractivity (Wildman–Crippen MR) is 112 cm³/mol. The molecule has 1 aliphatic heterocycles. The third-order valence-electron chi connectivity index (χ3n) is 5.15. The van der Waals surface area contributed by atoms with E-state index >= 15 is 0 Å². The number of benzene rings is 1. The zero-order valence-corrected chi connectivity index (χ0v) is 16.3. The van der Waals surface area contributed by atoms with Gasteiger partial charge < -0.3 is 4.90 Å². The Morgan fingerprint density at radius 2 is 1.90 bits per heavy atom. The molecule has 7 nitrogen and oxygen atoms in total. The van der Waals surface area contributed by atoms with Crippen molar-refractivity contribution in [1.29, 1.82) is 0 Å². The number of carbonyl (C=O) groups excluding carboxylic acids is 1. The number of likely N-dealkylation sites (tertiary alicyclic amines) is 1. The second-order valence-corrected chi connectivity index (χ2v) is 7.32. The monoisotopic (exact) mass is 410 g/mol. The molecule has 0 bridgehead atoms. The van der Waals surface area contributed by atoms with Crippen LogP contribution in [0.2, 0.25) is 5.02 Å². The van der Waals surface area contributed by atoms with E-state index in [0.717, 1.165) is 5.56 Å². The van der Waals surface area contributed by atoms with Crippen LogP contribution in [0.15, 0.2) is 58.3 Å². The Morgan fingerprint density at radius 3 is 2.66 bits per heavy atom. The molecule has 0 aliphatic carbocycles. The van der Waals surface area contributed by atoms with Gasteiger partial charge in [0, 0.05) is 36.4 Å². The number of hydrogen-bond donors (Lipinski definition) is 1. The number of rotatable bonds is 3. The van der Waals surface area contributed by atoms with Gasteiger partial charge in [-0.1, -0.05) is 29.8 Å². The van der Waals surface area contributed by atoms with Gasteiger partial charge in [-0.2, -0.15) is 0 Å². The highest BCUT2D eigenvalue weighted by Crippen LogP contribution is 2.21. The van der Waals surface area contributed by atoms with Crippen molar-refractivity contribution >= 4 is 34.6 Å². The van der Waals surface area contributed by atoms with E-state index in [-0.39, 0.29) is 23.2 Å². The highest BCUT2D eigenvalue weighted by atomic mass is 35.5. The van der Waals surface area contributed by atoms with Crippen LogP contribution in [0.5, 0.6) is 0 Å². The normalized spacial score (nSPS) is 15.3. The van der Waals surface area contributed by atoms with Gasteiger partial charge in [0.1, 0.15) is 5.65 Å². The Kier molecular flexibility index (Phi) is 5.31. The van der Waals surface area contributed by atoms with Gasteiger partial charge in [0.25, 0.3) is 5.56 Å². The van der Waals surface area contributed by atoms with Crippen molar-refractivity contribution in [2.24, 2.45) is 0 Å². The summed E-state index contributed by atoms with van der Waals surface area (Å²) in [5.41, 5.74) is 0.251. The Labute approximate surface area is 171 Å². The van der Waals surface area contributed by atoms with E-state index in [4.69, 9.17) is 11.6 Å². The van der Waals surface area contributed by atoms with Crippen molar-refractivity contribution in [2.45, 2.75) is 18.9 Å². The number of aromatic nitrogens is 3. The third kappa shape index (κ3) is 3.86. The fraction of sp³-hybridized carbons (Fsp3) is 0.238. The summed E-state index contributed by atoms with van der Waals surface area (Å²) >= 11 is 6.11. The molecule has 1 saturated heterocycles. The first-order valence-electron chi connectivity index (χ1n) is 9.35. The molecule has 148 valence electrons. The van der Waals surface area contributed by atoms with E-state index < -0.39 is 5.69 Å². The van der Waals surface area contributed by atoms with Crippen molar-refractivity contribution in [3.05, 3.63) is 80.1 Å². The van der Waals surface area contributed by atoms with Crippen LogP contribution in [0.25, 0.3) is 17.1 Å². The molecule has 0 spiro atoms. The molecule has 1 aromatic carbocycles. The standard InChI is InChI=1S/C21H19ClN4O3/c22-17-6-2-1-4-14(17)7-8-18(27)25-12-9-15(10-13-25)26-20(28)16-5-3-11-23-19(16)24-21(26)29/h1-8,11,15H,9-10,12-13H2,(H,23,24,29)/b8-7+. The molecular weight excluding hydrogens is 392 g/mol. The molecule has 3 aromatic rings. The first kappa shape index (κ1) is 19.1. The predicted octanol–water partition coefficient (Wildman–Crippen LogP) is 2.62. The van der Waals surface area contributed by atoms with Gasteiger partial charge in [0.2, 0.25) is 5.91 Å². The minimum Gasteiger partial charge on any atom is -0.339 e. The molecule has 1 N–H and O–H groups in total. The number of fused-ring (bicyclic) bond motifs is 1. The van der Waals surface area contributed by atoms with Crippen molar-refractivity contribution in [1.82, 2.24) is 19.4 Å². The number of H-pyrrole nitrogens is 1. The van der Waals surface area contributed by atoms with Crippen LogP contribution in [-0.4, -0.2) is 38.4 Å². The molecule has 0 radical (unpaired) electrons. The number of nitrogens with zero attached hydrogens (tertiary/aromatic N) is 3. The van der Waals surface area contributed by atoms with E-state index in [2.05, 4.69) is 9.97 Å². The van der Waals surface area contributed by atoms with E-state index in [1.165, 1.54) is 16.8 Å². The van der Waals surface area contributed by atoms with Gasteiger partial charge >= 0.3 is 5.69 Å². The number of aromatic amines is 1. The lowest BCUT2D eigenvalue weighted by Gasteiger charge is -2.31. The lowest BCUT2D eigenvalue weighted by molar-refractivity contribution is -0.127. The van der Waals surface area contributed by atoms with Crippen molar-refractivity contribution in [2.75, 3.05) is 13.1 Å². The van der Waals surface area contributed by atoms with E-state index in [1.54, 1.807) is 29.2 Å². The fourth-order valence-corrected chi connectivity index (χ4v) is 3.81. The maximum absolute atomic E-state index is 12.8. The molecule has 4 rings (SSSR count). The summed E-state index contributed by atoms with van der Waals surface area (Å²) in [6.45, 7) is 0.931. The van der Waals surface area contributed by atoms with Gasteiger partial charge in [-0.25, -0.2) is 9.78 Å². The smallest absolute Gasteiger partial charge is 0.330 e. The van der Waals surface area contributed by atoms with Gasteiger partial charge in [-0.05, 0) is 42.7 Å². The summed E-state index contributed by atoms with van der Waals surface area (Å²) in [7, 11) is 0. The quantitative estimate of drug-likeness (QED) is 0.672. The molecule has 1 aliphatic rings. The number of halogens is 1. The Balaban J connectivity index is 1.48. The SMILES string of the molecule is O=C(/C=C/c1ccccc1Cl)N1CCC(n2c(=O)[nH]c3ncccc3c2=O)CC1. The van der Waals surface area contributed by atoms with E-state index in [0.29, 0.717) is 36.3 Å². The van der Waals surface area contributed by atoms with Crippen molar-refractivity contribution < 1.29 is 4.79 Å². The van der Waals surface area contributed by atoms with E-state index in [1.807, 2.05) is 18.2 Å². The van der Waals surface area contributed by atoms with Crippen LogP contribution in [0.3, 0.4) is 0 Å². The number of nitrogens with one attached hydrogen (secondary N) is 1. The molecule has 2 aromatic heterocycles. The largest absolute Gasteiger partial charge is 0.339 e. The Bertz CT molecular complexity index is 1210. The van der Waals surface area contributed by atoms with Crippen LogP contribution in [0, 0.1) is 0 Å². The van der Waals surface area contributed by atoms with Gasteiger partial charge in [-0.15, -0.1) is 0 Å². The molecule has 1 amide bonds. The Hall–Kier alpha value is -3.19. The molecule has 8 heteroatoms. The molecule has 29 heavy (non-hydrogen) atoms. The van der Waals surface area contributed by atoms with Crippen LogP contribution in [0.4, 0.5) is 0 Å². The van der Waals surface area contributed by atoms with Crippen LogP contribution >= 0.6 is 11.6 Å². The zero-order chi connectivity index (χ0) is 20.4. The molecule has 0 atom stereocenters. The molecule has 0 unspecified atom stereocenters. The van der Waals surface area contributed by atoms with Gasteiger partial charge in [0.05, 0.1) is 5.39 Å². The minimum absolute atomic E-state index is 0.118. The molecule has 3 heterocycles. The van der Waals surface area contributed by atoms with Crippen molar-refractivity contribution in [3.63, 3.8) is 0 Å². The highest BCUT2D eigenvalue weighted by molar-refractivity contribution is 6.32. The summed E-state index contributed by atoms with van der Waals surface area (Å²) in [6.07, 6.45) is 5.79. The summed E-state index contributed by atoms with van der Waals surface area (Å²) in [6, 6.07) is 10.4. The van der Waals surface area contributed by atoms with Gasteiger partial charge in [-0.3, -0.25) is 19.1 Å². The molecule has 1 fully saturated rings. The van der Waals surface area contributed by atoms with Crippen LogP contribution < -0.4 is 11.2 Å². The summed E-state index contributed by atoms with van der Waals surface area (Å²) in [4.78, 5) is 46.1. The number of pyridine rings is 1. The lowest BCUT2D eigenvalue weighted by Crippen LogP contribution is -2.44. The molecular formula is C21H19ClN4O3. The first-order chi connectivity index (χ1) is 14.0. The van der Waals surface area contributed by atoms with Crippen LogP contribution in [-0.2, 0) is 4.79 Å². The number of amides is 1. The number of piperidine rings is 1. The van der Waals surface area contributed by atoms with Crippen LogP contribution in [0.1, 0.15) is 24.4 Å². The number of hydrogen-bond acceptors (Lipinski definition) is 4. The average Bonchev–Trinajstić information content (AvgIpc) is 2.73. The maximum Gasteiger partial charge on any atom is 0.330 e. The highest BCUT2D eigenvalue weighted by Gasteiger charge is 2.25. The third-order valence-corrected chi connectivity index (χ3v) is 5.50. The van der Waals surface area contributed by atoms with Gasteiger partial charge in [0.15, 0.2) is 0 Å². The average molecular weight is 411 g/mol. The first-order valence-corrected chi connectivity index (χ1v) is 9.73. The topological polar surface area (TPSA) is 88.1 Å². The summed E-state index contributed by atoms with van der Waals surface area (Å²) in [5, 5.41) is 0.966. The maximum atomic E-state index is 12.8. The summed E-state index contributed by atoms with van der Waals surface area (Å²) in [5.74, 6) is -0.118. The summed E-state index contributed by atoms with van der Waals surface area (Å²) < 4.78 is 1.26. The Morgan fingerprint density at radius 1 is 1.14 bits per heavy atom. The lowest BCUT2D eigenvalue weighted by atomic mass is 10.0. The second-order valence-electron chi connectivity index (χ2n) is 6.92. The fourth-order valence-electron chi connectivity index (χ4n) is 3.61. The second kappa shape index (κ2) is 8.05.